The zero-order valence-electron chi connectivity index (χ0n) is 15.1. The number of ether oxygens (including phenoxy) is 4. The number of esters is 2. The number of rotatable bonds is 6. The molecule has 0 saturated heterocycles. The first-order valence-electron chi connectivity index (χ1n) is 7.78. The molecule has 1 aromatic rings. The highest BCUT2D eigenvalue weighted by atomic mass is 16.7. The highest BCUT2D eigenvalue weighted by Gasteiger charge is 2.27. The zero-order valence-corrected chi connectivity index (χ0v) is 15.1. The number of hydrogen-bond donors (Lipinski definition) is 0. The Morgan fingerprint density at radius 1 is 0.962 bits per heavy atom. The summed E-state index contributed by atoms with van der Waals surface area (Å²) < 4.78 is 20.2. The molecule has 138 valence electrons. The van der Waals surface area contributed by atoms with Crippen molar-refractivity contribution in [1.29, 1.82) is 0 Å². The lowest BCUT2D eigenvalue weighted by Gasteiger charge is -2.24. The second kappa shape index (κ2) is 8.98. The van der Waals surface area contributed by atoms with Crippen LogP contribution in [0.2, 0.25) is 0 Å². The Kier molecular flexibility index (Phi) is 6.71. The number of nitrogens with zero attached hydrogens (tertiary/aromatic N) is 1. The van der Waals surface area contributed by atoms with Gasteiger partial charge in [-0.15, -0.1) is 0 Å². The van der Waals surface area contributed by atoms with Gasteiger partial charge in [0.2, 0.25) is 0 Å². The third-order valence-corrected chi connectivity index (χ3v) is 3.74. The third-order valence-electron chi connectivity index (χ3n) is 3.74. The maximum atomic E-state index is 12.4. The predicted octanol–water partition coefficient (Wildman–Crippen LogP) is 2.47. The van der Waals surface area contributed by atoms with E-state index in [0.717, 1.165) is 5.56 Å². The van der Waals surface area contributed by atoms with Gasteiger partial charge in [-0.05, 0) is 24.3 Å². The summed E-state index contributed by atoms with van der Waals surface area (Å²) in [6.07, 6.45) is 5.95. The summed E-state index contributed by atoms with van der Waals surface area (Å²) in [4.78, 5) is 26.1. The van der Waals surface area contributed by atoms with Crippen LogP contribution in [-0.2, 0) is 28.5 Å². The Morgan fingerprint density at radius 3 is 2.27 bits per heavy atom. The minimum absolute atomic E-state index is 0.0490. The van der Waals surface area contributed by atoms with Gasteiger partial charge in [-0.3, -0.25) is 0 Å². The molecule has 7 heteroatoms. The first-order valence-corrected chi connectivity index (χ1v) is 7.78. The number of hydrogen-bond acceptors (Lipinski definition) is 7. The van der Waals surface area contributed by atoms with Gasteiger partial charge in [0.1, 0.15) is 5.70 Å². The van der Waals surface area contributed by atoms with Crippen molar-refractivity contribution in [1.82, 2.24) is 0 Å². The van der Waals surface area contributed by atoms with Gasteiger partial charge < -0.3 is 23.8 Å². The second-order valence-corrected chi connectivity index (χ2v) is 5.21. The molecule has 0 N–H and O–H groups in total. The van der Waals surface area contributed by atoms with E-state index in [2.05, 4.69) is 0 Å². The predicted molar refractivity (Wildman–Crippen MR) is 95.0 cm³/mol. The molecular weight excluding hydrogens is 338 g/mol. The monoisotopic (exact) mass is 359 g/mol. The Labute approximate surface area is 152 Å². The van der Waals surface area contributed by atoms with Crippen molar-refractivity contribution in [2.45, 2.75) is 6.29 Å². The first-order chi connectivity index (χ1) is 12.6. The minimum atomic E-state index is -0.665. The van der Waals surface area contributed by atoms with Crippen molar-refractivity contribution in [2.75, 3.05) is 33.3 Å². The van der Waals surface area contributed by atoms with Gasteiger partial charge in [-0.1, -0.05) is 18.2 Å². The van der Waals surface area contributed by atoms with Gasteiger partial charge in [-0.25, -0.2) is 9.59 Å². The van der Waals surface area contributed by atoms with Crippen molar-refractivity contribution < 1.29 is 28.5 Å². The molecule has 2 rings (SSSR count). The SMILES string of the molecule is COC(=O)C1=C(C(=O)OC)N(c2cccc(C(OC)OC)c2)C=CC=C1. The second-order valence-electron chi connectivity index (χ2n) is 5.21. The van der Waals surface area contributed by atoms with Crippen molar-refractivity contribution in [3.8, 4) is 0 Å². The molecule has 1 aromatic carbocycles. The van der Waals surface area contributed by atoms with E-state index in [1.807, 2.05) is 6.07 Å². The van der Waals surface area contributed by atoms with Crippen LogP contribution >= 0.6 is 0 Å². The Bertz CT molecular complexity index is 761. The summed E-state index contributed by atoms with van der Waals surface area (Å²) in [7, 11) is 5.57. The molecule has 0 unspecified atom stereocenters. The normalized spacial score (nSPS) is 13.8. The lowest BCUT2D eigenvalue weighted by Crippen LogP contribution is -2.27. The van der Waals surface area contributed by atoms with Crippen LogP contribution in [0.25, 0.3) is 0 Å². The molecule has 1 heterocycles. The summed E-state index contributed by atoms with van der Waals surface area (Å²) in [6, 6.07) is 7.23. The quantitative estimate of drug-likeness (QED) is 0.570. The molecule has 0 bridgehead atoms. The number of methoxy groups -OCH3 is 4. The van der Waals surface area contributed by atoms with E-state index in [-0.39, 0.29) is 11.3 Å². The van der Waals surface area contributed by atoms with Crippen LogP contribution in [0.3, 0.4) is 0 Å². The lowest BCUT2D eigenvalue weighted by atomic mass is 10.1. The minimum Gasteiger partial charge on any atom is -0.465 e. The van der Waals surface area contributed by atoms with Gasteiger partial charge in [0.15, 0.2) is 6.29 Å². The van der Waals surface area contributed by atoms with E-state index in [4.69, 9.17) is 18.9 Å². The van der Waals surface area contributed by atoms with Gasteiger partial charge >= 0.3 is 11.9 Å². The van der Waals surface area contributed by atoms with Crippen LogP contribution in [0.1, 0.15) is 11.9 Å². The number of carbonyl (C=O) groups is 2. The Hall–Kier alpha value is -2.90. The van der Waals surface area contributed by atoms with Crippen LogP contribution in [0.4, 0.5) is 5.69 Å². The van der Waals surface area contributed by atoms with Crippen molar-refractivity contribution >= 4 is 17.6 Å². The summed E-state index contributed by atoms with van der Waals surface area (Å²) >= 11 is 0. The molecule has 1 aliphatic heterocycles. The van der Waals surface area contributed by atoms with Crippen LogP contribution in [0.5, 0.6) is 0 Å². The fourth-order valence-electron chi connectivity index (χ4n) is 2.56. The van der Waals surface area contributed by atoms with Crippen LogP contribution in [0.15, 0.2) is 60.0 Å². The molecule has 0 spiro atoms. The molecule has 7 nitrogen and oxygen atoms in total. The van der Waals surface area contributed by atoms with Crippen molar-refractivity contribution in [3.63, 3.8) is 0 Å². The van der Waals surface area contributed by atoms with E-state index >= 15 is 0 Å². The van der Waals surface area contributed by atoms with Gasteiger partial charge in [0.05, 0.1) is 19.8 Å². The smallest absolute Gasteiger partial charge is 0.355 e. The topological polar surface area (TPSA) is 74.3 Å². The average molecular weight is 359 g/mol. The maximum Gasteiger partial charge on any atom is 0.355 e. The number of allylic oxidation sites excluding steroid dienone is 2. The highest BCUT2D eigenvalue weighted by molar-refractivity contribution is 6.05. The van der Waals surface area contributed by atoms with Crippen LogP contribution in [-0.4, -0.2) is 40.4 Å². The molecule has 0 atom stereocenters. The van der Waals surface area contributed by atoms with Crippen LogP contribution < -0.4 is 4.90 Å². The zero-order chi connectivity index (χ0) is 19.1. The van der Waals surface area contributed by atoms with Gasteiger partial charge in [0.25, 0.3) is 0 Å². The van der Waals surface area contributed by atoms with Gasteiger partial charge in [0, 0.05) is 31.7 Å². The summed E-state index contributed by atoms with van der Waals surface area (Å²) in [5.41, 5.74) is 1.52. The summed E-state index contributed by atoms with van der Waals surface area (Å²) in [6.45, 7) is 0. The van der Waals surface area contributed by atoms with Crippen LogP contribution in [0, 0.1) is 0 Å². The highest BCUT2D eigenvalue weighted by Crippen LogP contribution is 2.29. The molecular formula is C19H21NO6. The van der Waals surface area contributed by atoms with E-state index in [9.17, 15) is 9.59 Å². The standard InChI is InChI=1S/C19H21NO6/c1-23-17(21)15-10-5-6-11-20(16(15)18(22)24-2)14-9-7-8-13(12-14)19(25-3)26-4/h5-12,19H,1-4H3. The molecule has 0 aliphatic carbocycles. The van der Waals surface area contributed by atoms with E-state index in [1.165, 1.54) is 34.5 Å². The summed E-state index contributed by atoms with van der Waals surface area (Å²) in [5.74, 6) is -1.31. The largest absolute Gasteiger partial charge is 0.465 e. The molecule has 26 heavy (non-hydrogen) atoms. The Morgan fingerprint density at radius 2 is 1.65 bits per heavy atom. The molecule has 1 aliphatic rings. The number of carbonyl (C=O) groups excluding carboxylic acids is 2. The summed E-state index contributed by atoms with van der Waals surface area (Å²) in [5, 5.41) is 0. The van der Waals surface area contributed by atoms with E-state index < -0.39 is 18.2 Å². The molecule has 0 amide bonds. The van der Waals surface area contributed by atoms with E-state index in [1.54, 1.807) is 41.5 Å². The maximum absolute atomic E-state index is 12.4. The Balaban J connectivity index is 2.60. The number of benzene rings is 1. The van der Waals surface area contributed by atoms with Crippen molar-refractivity contribution in [2.24, 2.45) is 0 Å². The fourth-order valence-corrected chi connectivity index (χ4v) is 2.56. The third kappa shape index (κ3) is 4.01. The number of anilines is 1. The van der Waals surface area contributed by atoms with Gasteiger partial charge in [-0.2, -0.15) is 0 Å². The lowest BCUT2D eigenvalue weighted by molar-refractivity contribution is -0.139. The fraction of sp³-hybridized carbons (Fsp3) is 0.263. The molecule has 0 fully saturated rings. The molecule has 0 aromatic heterocycles. The van der Waals surface area contributed by atoms with E-state index in [0.29, 0.717) is 5.69 Å². The van der Waals surface area contributed by atoms with Crippen molar-refractivity contribution in [3.05, 3.63) is 65.5 Å². The average Bonchev–Trinajstić information content (AvgIpc) is 2.91. The molecule has 0 radical (unpaired) electrons. The first kappa shape index (κ1) is 19.4. The molecule has 0 saturated carbocycles.